The molecule has 3 rings (SSSR count). The Kier molecular flexibility index (Phi) is 7.89. The quantitative estimate of drug-likeness (QED) is 0.550. The summed E-state index contributed by atoms with van der Waals surface area (Å²) in [6.07, 6.45) is 0.656. The van der Waals surface area contributed by atoms with Crippen LogP contribution in [0, 0.1) is 0 Å². The number of hydrogen-bond donors (Lipinski definition) is 1. The minimum Gasteiger partial charge on any atom is -0.357 e. The van der Waals surface area contributed by atoms with Crippen LogP contribution in [0.1, 0.15) is 44.0 Å². The first-order valence-corrected chi connectivity index (χ1v) is 10.8. The van der Waals surface area contributed by atoms with E-state index in [9.17, 15) is 0 Å². The Morgan fingerprint density at radius 2 is 2.07 bits per heavy atom. The van der Waals surface area contributed by atoms with Gasteiger partial charge in [0.15, 0.2) is 11.8 Å². The van der Waals surface area contributed by atoms with Crippen LogP contribution in [0.4, 0.5) is 0 Å². The molecule has 0 saturated carbocycles. The summed E-state index contributed by atoms with van der Waals surface area (Å²) < 4.78 is 5.31. The van der Waals surface area contributed by atoms with Gasteiger partial charge in [-0.2, -0.15) is 4.98 Å². The lowest BCUT2D eigenvalue weighted by molar-refractivity contribution is 0.172. The number of halogens is 1. The molecule has 0 bridgehead atoms. The Hall–Kier alpha value is -2.12. The zero-order valence-corrected chi connectivity index (χ0v) is 18.3. The molecule has 2 heterocycles. The van der Waals surface area contributed by atoms with Crippen molar-refractivity contribution in [1.82, 2.24) is 25.3 Å². The van der Waals surface area contributed by atoms with Crippen molar-refractivity contribution in [2.45, 2.75) is 39.7 Å². The number of rotatable bonds is 7. The summed E-state index contributed by atoms with van der Waals surface area (Å²) in [4.78, 5) is 14.0. The Bertz CT molecular complexity index is 798. The molecule has 2 aromatic rings. The molecule has 1 N–H and O–H groups in total. The van der Waals surface area contributed by atoms with Gasteiger partial charge in [0.25, 0.3) is 0 Å². The summed E-state index contributed by atoms with van der Waals surface area (Å²) >= 11 is 6.11. The predicted molar refractivity (Wildman–Crippen MR) is 116 cm³/mol. The van der Waals surface area contributed by atoms with E-state index >= 15 is 0 Å². The number of aliphatic imine (C=N–C) groups is 1. The van der Waals surface area contributed by atoms with Crippen molar-refractivity contribution in [3.8, 4) is 0 Å². The van der Waals surface area contributed by atoms with Gasteiger partial charge in [0.1, 0.15) is 0 Å². The number of benzene rings is 1. The highest BCUT2D eigenvalue weighted by molar-refractivity contribution is 6.30. The second-order valence-corrected chi connectivity index (χ2v) is 8.02. The minimum atomic E-state index is 0.275. The zero-order valence-electron chi connectivity index (χ0n) is 17.6. The van der Waals surface area contributed by atoms with E-state index in [4.69, 9.17) is 21.1 Å². The van der Waals surface area contributed by atoms with Gasteiger partial charge in [-0.05, 0) is 24.6 Å². The summed E-state index contributed by atoms with van der Waals surface area (Å²) in [7, 11) is 0. The average Bonchev–Trinajstić information content (AvgIpc) is 3.17. The topological polar surface area (TPSA) is 69.8 Å². The molecule has 7 nitrogen and oxygen atoms in total. The van der Waals surface area contributed by atoms with Crippen molar-refractivity contribution in [2.75, 3.05) is 39.3 Å². The van der Waals surface area contributed by atoms with E-state index in [1.165, 1.54) is 5.56 Å². The first kappa shape index (κ1) is 21.6. The maximum absolute atomic E-state index is 6.11. The first-order valence-electron chi connectivity index (χ1n) is 10.4. The Balaban J connectivity index is 1.50. The lowest BCUT2D eigenvalue weighted by Gasteiger charge is -2.36. The fraction of sp³-hybridized carbons (Fsp3) is 0.571. The lowest BCUT2D eigenvalue weighted by atomic mass is 10.2. The van der Waals surface area contributed by atoms with Crippen molar-refractivity contribution in [1.29, 1.82) is 0 Å². The van der Waals surface area contributed by atoms with Crippen LogP contribution in [0.3, 0.4) is 0 Å². The van der Waals surface area contributed by atoms with E-state index in [0.717, 1.165) is 56.1 Å². The third-order valence-electron chi connectivity index (χ3n) is 4.89. The summed E-state index contributed by atoms with van der Waals surface area (Å²) in [5, 5.41) is 8.22. The van der Waals surface area contributed by atoms with Gasteiger partial charge in [-0.15, -0.1) is 0 Å². The summed E-state index contributed by atoms with van der Waals surface area (Å²) in [5.41, 5.74) is 1.26. The maximum atomic E-state index is 6.11. The monoisotopic (exact) mass is 418 g/mol. The van der Waals surface area contributed by atoms with Crippen LogP contribution in [0.15, 0.2) is 33.8 Å². The molecule has 0 spiro atoms. The Morgan fingerprint density at radius 3 is 2.72 bits per heavy atom. The molecule has 1 aliphatic heterocycles. The Morgan fingerprint density at radius 1 is 1.28 bits per heavy atom. The summed E-state index contributed by atoms with van der Waals surface area (Å²) in [5.74, 6) is 2.64. The third-order valence-corrected chi connectivity index (χ3v) is 5.12. The van der Waals surface area contributed by atoms with Crippen LogP contribution in [-0.4, -0.2) is 65.2 Å². The number of piperazine rings is 1. The highest BCUT2D eigenvalue weighted by atomic mass is 35.5. The molecule has 158 valence electrons. The summed E-state index contributed by atoms with van der Waals surface area (Å²) in [6, 6.07) is 8.10. The van der Waals surface area contributed by atoms with Crippen molar-refractivity contribution in [3.05, 3.63) is 46.6 Å². The smallest absolute Gasteiger partial charge is 0.228 e. The molecule has 8 heteroatoms. The predicted octanol–water partition coefficient (Wildman–Crippen LogP) is 3.17. The minimum absolute atomic E-state index is 0.275. The van der Waals surface area contributed by atoms with Gasteiger partial charge in [0, 0.05) is 56.6 Å². The molecular weight excluding hydrogens is 388 g/mol. The molecule has 1 saturated heterocycles. The van der Waals surface area contributed by atoms with E-state index in [-0.39, 0.29) is 5.92 Å². The zero-order chi connectivity index (χ0) is 20.6. The number of nitrogens with one attached hydrogen (secondary N) is 1. The van der Waals surface area contributed by atoms with E-state index in [1.807, 2.05) is 18.2 Å². The molecule has 0 atom stereocenters. The van der Waals surface area contributed by atoms with Gasteiger partial charge < -0.3 is 14.7 Å². The fourth-order valence-corrected chi connectivity index (χ4v) is 3.51. The van der Waals surface area contributed by atoms with Gasteiger partial charge in [-0.3, -0.25) is 9.89 Å². The standard InChI is InChI=1S/C21H31ClN6O/c1-4-23-21(24-9-8-19-25-20(16(2)3)26-29-19)28-12-10-27(11-13-28)15-17-6-5-7-18(22)14-17/h5-7,14,16H,4,8-13,15H2,1-3H3,(H,23,24). The first-order chi connectivity index (χ1) is 14.0. The molecule has 0 amide bonds. The van der Waals surface area contributed by atoms with Gasteiger partial charge in [0.05, 0.1) is 6.54 Å². The van der Waals surface area contributed by atoms with Crippen molar-refractivity contribution >= 4 is 17.6 Å². The van der Waals surface area contributed by atoms with Gasteiger partial charge in [-0.1, -0.05) is 42.7 Å². The molecule has 0 radical (unpaired) electrons. The van der Waals surface area contributed by atoms with Crippen LogP contribution in [0.2, 0.25) is 5.02 Å². The average molecular weight is 419 g/mol. The SMILES string of the molecule is CCNC(=NCCc1nc(C(C)C)no1)N1CCN(Cc2cccc(Cl)c2)CC1. The highest BCUT2D eigenvalue weighted by Crippen LogP contribution is 2.14. The largest absolute Gasteiger partial charge is 0.357 e. The molecular formula is C21H31ClN6O. The number of guanidine groups is 1. The number of hydrogen-bond acceptors (Lipinski definition) is 5. The number of nitrogens with zero attached hydrogens (tertiary/aromatic N) is 5. The van der Waals surface area contributed by atoms with E-state index in [1.54, 1.807) is 0 Å². The molecule has 1 aliphatic rings. The summed E-state index contributed by atoms with van der Waals surface area (Å²) in [6.45, 7) is 12.5. The van der Waals surface area contributed by atoms with Crippen LogP contribution in [0.5, 0.6) is 0 Å². The van der Waals surface area contributed by atoms with Crippen LogP contribution in [-0.2, 0) is 13.0 Å². The van der Waals surface area contributed by atoms with Crippen LogP contribution < -0.4 is 5.32 Å². The van der Waals surface area contributed by atoms with Gasteiger partial charge in [0.2, 0.25) is 5.89 Å². The van der Waals surface area contributed by atoms with Crippen molar-refractivity contribution in [2.24, 2.45) is 4.99 Å². The van der Waals surface area contributed by atoms with Crippen LogP contribution >= 0.6 is 11.6 Å². The number of aromatic nitrogens is 2. The van der Waals surface area contributed by atoms with Crippen LogP contribution in [0.25, 0.3) is 0 Å². The second kappa shape index (κ2) is 10.6. The third kappa shape index (κ3) is 6.44. The normalized spacial score (nSPS) is 15.9. The maximum Gasteiger partial charge on any atom is 0.228 e. The molecule has 0 unspecified atom stereocenters. The van der Waals surface area contributed by atoms with E-state index in [0.29, 0.717) is 18.9 Å². The molecule has 29 heavy (non-hydrogen) atoms. The molecule has 0 aliphatic carbocycles. The fourth-order valence-electron chi connectivity index (χ4n) is 3.30. The van der Waals surface area contributed by atoms with Gasteiger partial charge in [-0.25, -0.2) is 0 Å². The second-order valence-electron chi connectivity index (χ2n) is 7.58. The van der Waals surface area contributed by atoms with E-state index in [2.05, 4.69) is 52.1 Å². The Labute approximate surface area is 178 Å². The van der Waals surface area contributed by atoms with Crippen molar-refractivity contribution < 1.29 is 4.52 Å². The molecule has 1 aromatic carbocycles. The van der Waals surface area contributed by atoms with Gasteiger partial charge >= 0.3 is 0 Å². The van der Waals surface area contributed by atoms with Crippen molar-refractivity contribution in [3.63, 3.8) is 0 Å². The highest BCUT2D eigenvalue weighted by Gasteiger charge is 2.20. The molecule has 1 aromatic heterocycles. The molecule has 1 fully saturated rings. The lowest BCUT2D eigenvalue weighted by Crippen LogP contribution is -2.52. The van der Waals surface area contributed by atoms with E-state index < -0.39 is 0 Å².